The van der Waals surface area contributed by atoms with Gasteiger partial charge in [0.25, 0.3) is 0 Å². The lowest BCUT2D eigenvalue weighted by atomic mass is 10.1. The predicted octanol–water partition coefficient (Wildman–Crippen LogP) is 1.29. The Hall–Kier alpha value is -0.0400. The molecular weight excluding hydrogens is 122 g/mol. The zero-order valence-electron chi connectivity index (χ0n) is 7.10. The van der Waals surface area contributed by atoms with Crippen molar-refractivity contribution in [1.29, 1.82) is 0 Å². The molecule has 0 aromatic heterocycles. The Morgan fingerprint density at radius 1 is 1.30 bits per heavy atom. The normalized spacial score (nSPS) is 27.9. The van der Waals surface area contributed by atoms with Crippen molar-refractivity contribution >= 4 is 0 Å². The first-order valence-corrected chi connectivity index (χ1v) is 4.77. The zero-order chi connectivity index (χ0) is 7.23. The van der Waals surface area contributed by atoms with E-state index in [1.54, 1.807) is 0 Å². The Labute approximate surface area is 64.2 Å². The van der Waals surface area contributed by atoms with Gasteiger partial charge in [-0.3, -0.25) is 0 Å². The second-order valence-electron chi connectivity index (χ2n) is 3.42. The van der Waals surface area contributed by atoms with Crippen molar-refractivity contribution in [2.75, 3.05) is 6.54 Å². The molecular formula is C9H20N+. The minimum Gasteiger partial charge on any atom is -0.344 e. The minimum atomic E-state index is 0.965. The van der Waals surface area contributed by atoms with Gasteiger partial charge in [0.2, 0.25) is 0 Å². The molecule has 1 heterocycles. The van der Waals surface area contributed by atoms with Crippen LogP contribution in [0.5, 0.6) is 0 Å². The quantitative estimate of drug-likeness (QED) is 0.598. The number of quaternary nitrogens is 1. The van der Waals surface area contributed by atoms with Gasteiger partial charge in [0.15, 0.2) is 0 Å². The fraction of sp³-hybridized carbons (Fsp3) is 1.00. The van der Waals surface area contributed by atoms with Crippen LogP contribution in [0, 0.1) is 0 Å². The number of rotatable bonds is 2. The predicted molar refractivity (Wildman–Crippen MR) is 44.0 cm³/mol. The largest absolute Gasteiger partial charge is 0.344 e. The molecule has 1 atom stereocenters. The minimum absolute atomic E-state index is 0.965. The molecule has 1 heteroatoms. The molecule has 1 nitrogen and oxygen atoms in total. The van der Waals surface area contributed by atoms with Gasteiger partial charge in [0, 0.05) is 0 Å². The van der Waals surface area contributed by atoms with E-state index in [9.17, 15) is 0 Å². The maximum Gasteiger partial charge on any atom is 0.0859 e. The van der Waals surface area contributed by atoms with E-state index in [4.69, 9.17) is 0 Å². The van der Waals surface area contributed by atoms with Gasteiger partial charge in [-0.15, -0.1) is 0 Å². The van der Waals surface area contributed by atoms with Gasteiger partial charge in [-0.25, -0.2) is 0 Å². The van der Waals surface area contributed by atoms with Gasteiger partial charge >= 0.3 is 0 Å². The highest BCUT2D eigenvalue weighted by Gasteiger charge is 2.12. The van der Waals surface area contributed by atoms with Gasteiger partial charge in [-0.05, 0) is 32.1 Å². The summed E-state index contributed by atoms with van der Waals surface area (Å²) < 4.78 is 0. The van der Waals surface area contributed by atoms with Crippen LogP contribution in [0.3, 0.4) is 0 Å². The van der Waals surface area contributed by atoms with E-state index in [0.717, 1.165) is 6.04 Å². The van der Waals surface area contributed by atoms with Crippen LogP contribution in [0.25, 0.3) is 0 Å². The van der Waals surface area contributed by atoms with E-state index >= 15 is 0 Å². The second-order valence-corrected chi connectivity index (χ2v) is 3.42. The van der Waals surface area contributed by atoms with E-state index in [2.05, 4.69) is 12.2 Å². The lowest BCUT2D eigenvalue weighted by Gasteiger charge is -2.09. The molecule has 1 rings (SSSR count). The lowest BCUT2D eigenvalue weighted by molar-refractivity contribution is -0.688. The molecule has 0 spiro atoms. The van der Waals surface area contributed by atoms with Crippen LogP contribution in [0.1, 0.15) is 45.4 Å². The number of nitrogens with two attached hydrogens (primary N) is 1. The highest BCUT2D eigenvalue weighted by atomic mass is 14.9. The van der Waals surface area contributed by atoms with E-state index in [1.807, 2.05) is 0 Å². The molecule has 1 aliphatic rings. The Kier molecular flexibility index (Phi) is 3.81. The van der Waals surface area contributed by atoms with Gasteiger partial charge < -0.3 is 5.32 Å². The van der Waals surface area contributed by atoms with Crippen LogP contribution in [-0.4, -0.2) is 12.6 Å². The summed E-state index contributed by atoms with van der Waals surface area (Å²) >= 11 is 0. The first kappa shape index (κ1) is 8.06. The fourth-order valence-electron chi connectivity index (χ4n) is 1.83. The van der Waals surface area contributed by atoms with Gasteiger partial charge in [0.05, 0.1) is 12.6 Å². The summed E-state index contributed by atoms with van der Waals surface area (Å²) in [6, 6.07) is 0.965. The van der Waals surface area contributed by atoms with Crippen molar-refractivity contribution in [3.05, 3.63) is 0 Å². The van der Waals surface area contributed by atoms with Crippen molar-refractivity contribution in [1.82, 2.24) is 0 Å². The second kappa shape index (κ2) is 4.73. The van der Waals surface area contributed by atoms with E-state index < -0.39 is 0 Å². The average Bonchev–Trinajstić information content (AvgIpc) is 2.17. The third-order valence-electron chi connectivity index (χ3n) is 2.44. The Balaban J connectivity index is 2.15. The molecule has 1 aliphatic heterocycles. The molecule has 1 fully saturated rings. The summed E-state index contributed by atoms with van der Waals surface area (Å²) in [7, 11) is 0. The maximum absolute atomic E-state index is 2.55. The molecule has 1 saturated heterocycles. The first-order valence-electron chi connectivity index (χ1n) is 4.77. The maximum atomic E-state index is 2.55. The standard InChI is InChI=1S/C9H19N/c1-2-6-9-7-4-3-5-8-10-9/h9-10H,2-8H2,1H3/p+1/t9-/m0/s1. The molecule has 2 N–H and O–H groups in total. The van der Waals surface area contributed by atoms with E-state index in [-0.39, 0.29) is 0 Å². The van der Waals surface area contributed by atoms with E-state index in [0.29, 0.717) is 0 Å². The highest BCUT2D eigenvalue weighted by Crippen LogP contribution is 2.07. The third-order valence-corrected chi connectivity index (χ3v) is 2.44. The Bertz CT molecular complexity index is 72.8. The zero-order valence-corrected chi connectivity index (χ0v) is 7.10. The fourth-order valence-corrected chi connectivity index (χ4v) is 1.83. The molecule has 0 unspecified atom stereocenters. The van der Waals surface area contributed by atoms with Crippen LogP contribution < -0.4 is 5.32 Å². The summed E-state index contributed by atoms with van der Waals surface area (Å²) in [5.41, 5.74) is 0. The number of hydrogen-bond donors (Lipinski definition) is 1. The molecule has 0 bridgehead atoms. The average molecular weight is 142 g/mol. The monoisotopic (exact) mass is 142 g/mol. The third kappa shape index (κ3) is 2.70. The van der Waals surface area contributed by atoms with Crippen molar-refractivity contribution in [3.8, 4) is 0 Å². The van der Waals surface area contributed by atoms with Crippen molar-refractivity contribution < 1.29 is 5.32 Å². The molecule has 0 aliphatic carbocycles. The summed E-state index contributed by atoms with van der Waals surface area (Å²) in [5, 5.41) is 2.55. The summed E-state index contributed by atoms with van der Waals surface area (Å²) in [6.07, 6.45) is 8.65. The molecule has 0 saturated carbocycles. The molecule has 0 radical (unpaired) electrons. The van der Waals surface area contributed by atoms with Gasteiger partial charge in [-0.1, -0.05) is 13.3 Å². The molecule has 0 aromatic rings. The van der Waals surface area contributed by atoms with E-state index in [1.165, 1.54) is 45.1 Å². The summed E-state index contributed by atoms with van der Waals surface area (Å²) in [4.78, 5) is 0. The number of hydrogen-bond acceptors (Lipinski definition) is 0. The van der Waals surface area contributed by atoms with Crippen molar-refractivity contribution in [3.63, 3.8) is 0 Å². The van der Waals surface area contributed by atoms with Crippen LogP contribution in [0.4, 0.5) is 0 Å². The lowest BCUT2D eigenvalue weighted by Crippen LogP contribution is -2.89. The molecule has 10 heavy (non-hydrogen) atoms. The van der Waals surface area contributed by atoms with Crippen LogP contribution in [-0.2, 0) is 0 Å². The van der Waals surface area contributed by atoms with Crippen LogP contribution >= 0.6 is 0 Å². The van der Waals surface area contributed by atoms with Gasteiger partial charge in [-0.2, -0.15) is 0 Å². The van der Waals surface area contributed by atoms with Crippen LogP contribution in [0.15, 0.2) is 0 Å². The Morgan fingerprint density at radius 3 is 3.00 bits per heavy atom. The van der Waals surface area contributed by atoms with Crippen molar-refractivity contribution in [2.24, 2.45) is 0 Å². The van der Waals surface area contributed by atoms with Gasteiger partial charge in [0.1, 0.15) is 0 Å². The topological polar surface area (TPSA) is 16.6 Å². The Morgan fingerprint density at radius 2 is 2.20 bits per heavy atom. The molecule has 0 aromatic carbocycles. The van der Waals surface area contributed by atoms with Crippen LogP contribution in [0.2, 0.25) is 0 Å². The summed E-state index contributed by atoms with van der Waals surface area (Å²) in [5.74, 6) is 0. The molecule has 0 amide bonds. The van der Waals surface area contributed by atoms with Crippen molar-refractivity contribution in [2.45, 2.75) is 51.5 Å². The molecule has 60 valence electrons. The highest BCUT2D eigenvalue weighted by molar-refractivity contribution is 4.57. The smallest absolute Gasteiger partial charge is 0.0859 e. The first-order chi connectivity index (χ1) is 4.93. The summed E-state index contributed by atoms with van der Waals surface area (Å²) in [6.45, 7) is 3.67. The SMILES string of the molecule is CCC[C@H]1CCCCC[NH2+]1.